The maximum absolute atomic E-state index is 11.6. The summed E-state index contributed by atoms with van der Waals surface area (Å²) in [4.78, 5) is 15.5. The third kappa shape index (κ3) is 4.23. The van der Waals surface area contributed by atoms with E-state index in [1.54, 1.807) is 12.1 Å². The number of halogens is 1. The molecule has 0 spiro atoms. The van der Waals surface area contributed by atoms with E-state index in [-0.39, 0.29) is 5.48 Å². The molecule has 0 saturated carbocycles. The molecule has 0 aliphatic carbocycles. The molecule has 0 atom stereocenters. The van der Waals surface area contributed by atoms with Crippen LogP contribution in [0.25, 0.3) is 0 Å². The summed E-state index contributed by atoms with van der Waals surface area (Å²) in [5, 5.41) is 12.3. The predicted molar refractivity (Wildman–Crippen MR) is 74.0 cm³/mol. The van der Waals surface area contributed by atoms with Gasteiger partial charge in [-0.15, -0.1) is 0 Å². The first-order valence-electron chi connectivity index (χ1n) is 5.13. The number of hydrogen-bond acceptors (Lipinski definition) is 2. The zero-order valence-electron chi connectivity index (χ0n) is 9.75. The molecular weight excluding hydrogens is 314 g/mol. The molecule has 2 aromatic rings. The van der Waals surface area contributed by atoms with Gasteiger partial charge in [0.1, 0.15) is 4.60 Å². The van der Waals surface area contributed by atoms with Gasteiger partial charge in [0.2, 0.25) is 0 Å². The lowest BCUT2D eigenvalue weighted by Crippen LogP contribution is -2.13. The Morgan fingerprint density at radius 2 is 1.95 bits per heavy atom. The second-order valence-corrected chi connectivity index (χ2v) is 4.27. The van der Waals surface area contributed by atoms with E-state index >= 15 is 0 Å². The number of urea groups is 1. The summed E-state index contributed by atoms with van der Waals surface area (Å²) in [7, 11) is 0. The molecule has 100 valence electrons. The fourth-order valence-electron chi connectivity index (χ4n) is 1.31. The number of aromatic nitrogens is 1. The van der Waals surface area contributed by atoms with Crippen molar-refractivity contribution in [3.8, 4) is 0 Å². The number of nitrogens with zero attached hydrogens (tertiary/aromatic N) is 2. The molecule has 6 nitrogen and oxygen atoms in total. The van der Waals surface area contributed by atoms with Crippen LogP contribution in [-0.4, -0.2) is 21.4 Å². The van der Waals surface area contributed by atoms with Gasteiger partial charge in [-0.05, 0) is 40.2 Å². The minimum Gasteiger partial charge on any atom is -0.428 e. The number of hydrogen-bond donors (Lipinski definition) is 2. The molecule has 4 N–H and O–H groups in total. The number of anilines is 1. The monoisotopic (exact) mass is 325 g/mol. The van der Waals surface area contributed by atoms with E-state index in [1.807, 2.05) is 18.2 Å². The Kier molecular flexibility index (Phi) is 5.28. The van der Waals surface area contributed by atoms with Crippen molar-refractivity contribution in [3.05, 3.63) is 58.6 Å². The van der Waals surface area contributed by atoms with Crippen LogP contribution in [-0.2, 0) is 0 Å². The Labute approximate surface area is 117 Å². The van der Waals surface area contributed by atoms with Crippen LogP contribution in [0.15, 0.2) is 58.3 Å². The van der Waals surface area contributed by atoms with Crippen LogP contribution in [0.2, 0.25) is 0 Å². The van der Waals surface area contributed by atoms with Crippen LogP contribution in [0.5, 0.6) is 0 Å². The summed E-state index contributed by atoms with van der Waals surface area (Å²) in [5.74, 6) is 0. The maximum atomic E-state index is 11.6. The van der Waals surface area contributed by atoms with Crippen LogP contribution >= 0.6 is 15.9 Å². The van der Waals surface area contributed by atoms with Gasteiger partial charge in [0.15, 0.2) is 0 Å². The van der Waals surface area contributed by atoms with E-state index in [1.165, 1.54) is 18.3 Å². The molecule has 0 bridgehead atoms. The SMILES string of the molecule is O.O=C(/N=c1/ccn(O)c(Br)c1)Nc1ccccc1. The van der Waals surface area contributed by atoms with Gasteiger partial charge in [0.25, 0.3) is 0 Å². The highest BCUT2D eigenvalue weighted by Gasteiger charge is 1.99. The van der Waals surface area contributed by atoms with E-state index < -0.39 is 6.03 Å². The van der Waals surface area contributed by atoms with Gasteiger partial charge in [-0.2, -0.15) is 9.72 Å². The summed E-state index contributed by atoms with van der Waals surface area (Å²) in [6.07, 6.45) is 1.39. The fraction of sp³-hybridized carbons (Fsp3) is 0. The number of para-hydroxylation sites is 1. The molecule has 0 aliphatic rings. The van der Waals surface area contributed by atoms with Crippen molar-refractivity contribution in [1.29, 1.82) is 0 Å². The standard InChI is InChI=1S/C12H10BrN3O2.H2O/c13-11-8-10(6-7-16(11)18)15-12(17)14-9-4-2-1-3-5-9;/h1-8,18H,(H,14,17);1H2/b15-10-;. The van der Waals surface area contributed by atoms with E-state index in [2.05, 4.69) is 26.2 Å². The summed E-state index contributed by atoms with van der Waals surface area (Å²) in [5.41, 5.74) is 0.679. The molecule has 0 unspecified atom stereocenters. The zero-order chi connectivity index (χ0) is 13.0. The van der Waals surface area contributed by atoms with Crippen LogP contribution < -0.4 is 10.7 Å². The molecule has 2 rings (SSSR count). The average molecular weight is 326 g/mol. The van der Waals surface area contributed by atoms with Crippen molar-refractivity contribution in [1.82, 2.24) is 4.73 Å². The Bertz CT molecular complexity index is 626. The molecule has 0 aliphatic heterocycles. The topological polar surface area (TPSA) is 98.1 Å². The number of pyridine rings is 1. The van der Waals surface area contributed by atoms with Crippen molar-refractivity contribution in [2.75, 3.05) is 5.32 Å². The van der Waals surface area contributed by atoms with Crippen molar-refractivity contribution < 1.29 is 15.5 Å². The summed E-state index contributed by atoms with van der Waals surface area (Å²) in [6, 6.07) is 11.6. The largest absolute Gasteiger partial charge is 0.428 e. The van der Waals surface area contributed by atoms with Crippen molar-refractivity contribution in [3.63, 3.8) is 0 Å². The average Bonchev–Trinajstić information content (AvgIpc) is 2.35. The van der Waals surface area contributed by atoms with Crippen molar-refractivity contribution in [2.45, 2.75) is 0 Å². The molecule has 19 heavy (non-hydrogen) atoms. The highest BCUT2D eigenvalue weighted by atomic mass is 79.9. The van der Waals surface area contributed by atoms with Gasteiger partial charge >= 0.3 is 6.03 Å². The Balaban J connectivity index is 0.00000180. The van der Waals surface area contributed by atoms with Crippen molar-refractivity contribution in [2.24, 2.45) is 4.99 Å². The number of nitrogens with one attached hydrogen (secondary N) is 1. The van der Waals surface area contributed by atoms with Gasteiger partial charge < -0.3 is 16.0 Å². The molecule has 7 heteroatoms. The normalized spacial score (nSPS) is 10.7. The lowest BCUT2D eigenvalue weighted by Gasteiger charge is -2.01. The quantitative estimate of drug-likeness (QED) is 0.617. The number of amides is 2. The molecule has 0 radical (unpaired) electrons. The van der Waals surface area contributed by atoms with Gasteiger partial charge in [0.05, 0.1) is 5.36 Å². The summed E-state index contributed by atoms with van der Waals surface area (Å²) < 4.78 is 1.30. The van der Waals surface area contributed by atoms with Crippen LogP contribution in [0.3, 0.4) is 0 Å². The Hall–Kier alpha value is -2.12. The molecule has 0 saturated heterocycles. The first kappa shape index (κ1) is 14.9. The Morgan fingerprint density at radius 1 is 1.26 bits per heavy atom. The predicted octanol–water partition coefficient (Wildman–Crippen LogP) is 1.80. The van der Waals surface area contributed by atoms with Gasteiger partial charge in [-0.3, -0.25) is 0 Å². The number of benzene rings is 1. The van der Waals surface area contributed by atoms with E-state index in [4.69, 9.17) is 0 Å². The van der Waals surface area contributed by atoms with Gasteiger partial charge in [-0.1, -0.05) is 18.2 Å². The summed E-state index contributed by atoms with van der Waals surface area (Å²) in [6.45, 7) is 0. The zero-order valence-corrected chi connectivity index (χ0v) is 11.3. The smallest absolute Gasteiger partial charge is 0.345 e. The molecule has 1 heterocycles. The van der Waals surface area contributed by atoms with Crippen LogP contribution in [0.4, 0.5) is 10.5 Å². The third-order valence-corrected chi connectivity index (χ3v) is 2.72. The van der Waals surface area contributed by atoms with E-state index in [9.17, 15) is 10.0 Å². The molecule has 1 aromatic carbocycles. The minimum absolute atomic E-state index is 0. The minimum atomic E-state index is -0.469. The first-order chi connectivity index (χ1) is 8.65. The summed E-state index contributed by atoms with van der Waals surface area (Å²) >= 11 is 3.12. The number of carbonyl (C=O) groups is 1. The van der Waals surface area contributed by atoms with Gasteiger partial charge in [0, 0.05) is 11.9 Å². The third-order valence-electron chi connectivity index (χ3n) is 2.13. The first-order valence-corrected chi connectivity index (χ1v) is 5.93. The number of carbonyl (C=O) groups excluding carboxylic acids is 1. The molecule has 1 aromatic heterocycles. The van der Waals surface area contributed by atoms with Crippen LogP contribution in [0.1, 0.15) is 0 Å². The second kappa shape index (κ2) is 6.72. The van der Waals surface area contributed by atoms with E-state index in [0.29, 0.717) is 15.6 Å². The molecular formula is C12H12BrN3O3. The Morgan fingerprint density at radius 3 is 2.58 bits per heavy atom. The second-order valence-electron chi connectivity index (χ2n) is 3.46. The van der Waals surface area contributed by atoms with Gasteiger partial charge in [-0.25, -0.2) is 4.79 Å². The van der Waals surface area contributed by atoms with Crippen molar-refractivity contribution >= 4 is 27.6 Å². The molecule has 0 fully saturated rings. The highest BCUT2D eigenvalue weighted by Crippen LogP contribution is 2.05. The molecule has 2 amide bonds. The highest BCUT2D eigenvalue weighted by molar-refractivity contribution is 9.10. The number of rotatable bonds is 1. The van der Waals surface area contributed by atoms with E-state index in [0.717, 1.165) is 4.73 Å². The van der Waals surface area contributed by atoms with Crippen LogP contribution in [0, 0.1) is 0 Å². The fourth-order valence-corrected chi connectivity index (χ4v) is 1.67. The lowest BCUT2D eigenvalue weighted by molar-refractivity contribution is 0.177. The lowest BCUT2D eigenvalue weighted by atomic mass is 10.3. The maximum Gasteiger partial charge on any atom is 0.345 e.